The average Bonchev–Trinajstić information content (AvgIpc) is 2.34. The lowest BCUT2D eigenvalue weighted by Crippen LogP contribution is -2.22. The summed E-state index contributed by atoms with van der Waals surface area (Å²) >= 11 is 0. The Bertz CT molecular complexity index is 385. The van der Waals surface area contributed by atoms with Gasteiger partial charge in [-0.15, -0.1) is 0 Å². The van der Waals surface area contributed by atoms with Crippen molar-refractivity contribution in [1.29, 1.82) is 0 Å². The summed E-state index contributed by atoms with van der Waals surface area (Å²) in [5.74, 6) is 1.47. The molecule has 0 spiro atoms. The van der Waals surface area contributed by atoms with Gasteiger partial charge in [-0.2, -0.15) is 0 Å². The summed E-state index contributed by atoms with van der Waals surface area (Å²) in [6.07, 6.45) is 0.832. The lowest BCUT2D eigenvalue weighted by Gasteiger charge is -2.20. The summed E-state index contributed by atoms with van der Waals surface area (Å²) in [4.78, 5) is 0. The van der Waals surface area contributed by atoms with E-state index < -0.39 is 0 Å². The zero-order valence-corrected chi connectivity index (χ0v) is 12.4. The minimum absolute atomic E-state index is 0.144. The number of methoxy groups -OCH3 is 1. The number of hydrogen-bond donors (Lipinski definition) is 1. The molecule has 0 aromatic heterocycles. The topological polar surface area (TPSA) is 53.7 Å². The third-order valence-corrected chi connectivity index (χ3v) is 2.54. The van der Waals surface area contributed by atoms with Crippen LogP contribution in [0.25, 0.3) is 0 Å². The Morgan fingerprint density at radius 1 is 1.11 bits per heavy atom. The van der Waals surface area contributed by atoms with Crippen molar-refractivity contribution in [3.63, 3.8) is 0 Å². The summed E-state index contributed by atoms with van der Waals surface area (Å²) in [5.41, 5.74) is 6.56. The Morgan fingerprint density at radius 3 is 2.42 bits per heavy atom. The molecule has 0 amide bonds. The predicted octanol–water partition coefficient (Wildman–Crippen LogP) is 2.39. The van der Waals surface area contributed by atoms with E-state index in [1.54, 1.807) is 7.11 Å². The highest BCUT2D eigenvalue weighted by molar-refractivity contribution is 5.43. The Hall–Kier alpha value is -1.26. The molecule has 0 aliphatic carbocycles. The standard InChI is InChI=1S/C15H25NO3/c1-15(2,3)19-10-9-18-14-11-12(7-8-16)5-6-13(14)17-4/h5-6,11H,7-10,16H2,1-4H3. The van der Waals surface area contributed by atoms with Gasteiger partial charge in [-0.05, 0) is 51.4 Å². The van der Waals surface area contributed by atoms with Crippen molar-refractivity contribution in [3.05, 3.63) is 23.8 Å². The van der Waals surface area contributed by atoms with E-state index in [1.165, 1.54) is 0 Å². The van der Waals surface area contributed by atoms with Crippen molar-refractivity contribution in [2.24, 2.45) is 5.73 Å². The highest BCUT2D eigenvalue weighted by Gasteiger charge is 2.10. The molecule has 0 aliphatic rings. The van der Waals surface area contributed by atoms with Crippen LogP contribution >= 0.6 is 0 Å². The van der Waals surface area contributed by atoms with Crippen LogP contribution in [0.15, 0.2) is 18.2 Å². The van der Waals surface area contributed by atoms with Crippen LogP contribution in [0, 0.1) is 0 Å². The molecule has 0 bridgehead atoms. The molecule has 1 rings (SSSR count). The molecule has 19 heavy (non-hydrogen) atoms. The Morgan fingerprint density at radius 2 is 1.84 bits per heavy atom. The van der Waals surface area contributed by atoms with Crippen molar-refractivity contribution >= 4 is 0 Å². The van der Waals surface area contributed by atoms with Crippen LogP contribution in [0.5, 0.6) is 11.5 Å². The Balaban J connectivity index is 2.57. The van der Waals surface area contributed by atoms with Crippen LogP contribution in [-0.4, -0.2) is 32.5 Å². The maximum atomic E-state index is 5.72. The minimum atomic E-state index is -0.144. The number of hydrogen-bond acceptors (Lipinski definition) is 4. The van der Waals surface area contributed by atoms with Crippen LogP contribution in [0.3, 0.4) is 0 Å². The van der Waals surface area contributed by atoms with Crippen molar-refractivity contribution in [2.75, 3.05) is 26.9 Å². The van der Waals surface area contributed by atoms with E-state index >= 15 is 0 Å². The first-order chi connectivity index (χ1) is 8.96. The Labute approximate surface area is 115 Å². The lowest BCUT2D eigenvalue weighted by molar-refractivity contribution is -0.0165. The molecule has 4 heteroatoms. The zero-order valence-electron chi connectivity index (χ0n) is 12.4. The summed E-state index contributed by atoms with van der Waals surface area (Å²) < 4.78 is 16.6. The second-order valence-corrected chi connectivity index (χ2v) is 5.33. The van der Waals surface area contributed by atoms with Crippen LogP contribution in [0.4, 0.5) is 0 Å². The molecule has 1 aromatic carbocycles. The van der Waals surface area contributed by atoms with Crippen LogP contribution in [0.2, 0.25) is 0 Å². The smallest absolute Gasteiger partial charge is 0.161 e. The summed E-state index contributed by atoms with van der Waals surface area (Å²) in [5, 5.41) is 0. The normalized spacial score (nSPS) is 11.4. The predicted molar refractivity (Wildman–Crippen MR) is 77.0 cm³/mol. The molecular weight excluding hydrogens is 242 g/mol. The van der Waals surface area contributed by atoms with Gasteiger partial charge in [0.05, 0.1) is 19.3 Å². The zero-order chi connectivity index (χ0) is 14.3. The fraction of sp³-hybridized carbons (Fsp3) is 0.600. The average molecular weight is 267 g/mol. The monoisotopic (exact) mass is 267 g/mol. The molecule has 0 aliphatic heterocycles. The molecule has 0 radical (unpaired) electrons. The summed E-state index contributed by atoms with van der Waals surface area (Å²) in [7, 11) is 1.64. The molecular formula is C15H25NO3. The fourth-order valence-electron chi connectivity index (χ4n) is 1.66. The van der Waals surface area contributed by atoms with Gasteiger partial charge in [0.25, 0.3) is 0 Å². The second kappa shape index (κ2) is 7.36. The first-order valence-corrected chi connectivity index (χ1v) is 6.60. The van der Waals surface area contributed by atoms with E-state index in [1.807, 2.05) is 39.0 Å². The van der Waals surface area contributed by atoms with Crippen LogP contribution < -0.4 is 15.2 Å². The molecule has 0 heterocycles. The Kier molecular flexibility index (Phi) is 6.12. The SMILES string of the molecule is COc1ccc(CCN)cc1OCCOC(C)(C)C. The highest BCUT2D eigenvalue weighted by Crippen LogP contribution is 2.28. The minimum Gasteiger partial charge on any atom is -0.493 e. The van der Waals surface area contributed by atoms with Gasteiger partial charge < -0.3 is 19.9 Å². The van der Waals surface area contributed by atoms with Gasteiger partial charge in [-0.25, -0.2) is 0 Å². The first-order valence-electron chi connectivity index (χ1n) is 6.60. The molecule has 1 aromatic rings. The maximum absolute atomic E-state index is 5.72. The summed E-state index contributed by atoms with van der Waals surface area (Å²) in [6.45, 7) is 7.74. The number of benzene rings is 1. The fourth-order valence-corrected chi connectivity index (χ4v) is 1.66. The highest BCUT2D eigenvalue weighted by atomic mass is 16.5. The number of nitrogens with two attached hydrogens (primary N) is 1. The van der Waals surface area contributed by atoms with Crippen molar-refractivity contribution in [2.45, 2.75) is 32.8 Å². The molecule has 0 unspecified atom stereocenters. The number of rotatable bonds is 7. The van der Waals surface area contributed by atoms with E-state index in [9.17, 15) is 0 Å². The van der Waals surface area contributed by atoms with E-state index in [0.717, 1.165) is 23.5 Å². The molecule has 108 valence electrons. The van der Waals surface area contributed by atoms with E-state index in [-0.39, 0.29) is 5.60 Å². The first kappa shape index (κ1) is 15.8. The maximum Gasteiger partial charge on any atom is 0.161 e. The quantitative estimate of drug-likeness (QED) is 0.771. The largest absolute Gasteiger partial charge is 0.493 e. The molecule has 0 saturated heterocycles. The molecule has 0 atom stereocenters. The third-order valence-electron chi connectivity index (χ3n) is 2.54. The van der Waals surface area contributed by atoms with E-state index in [2.05, 4.69) is 0 Å². The summed E-state index contributed by atoms with van der Waals surface area (Å²) in [6, 6.07) is 5.89. The molecule has 0 saturated carbocycles. The lowest BCUT2D eigenvalue weighted by atomic mass is 10.1. The van der Waals surface area contributed by atoms with Crippen molar-refractivity contribution in [3.8, 4) is 11.5 Å². The van der Waals surface area contributed by atoms with Gasteiger partial charge in [0.15, 0.2) is 11.5 Å². The second-order valence-electron chi connectivity index (χ2n) is 5.33. The van der Waals surface area contributed by atoms with Gasteiger partial charge >= 0.3 is 0 Å². The van der Waals surface area contributed by atoms with E-state index in [4.69, 9.17) is 19.9 Å². The molecule has 2 N–H and O–H groups in total. The van der Waals surface area contributed by atoms with Gasteiger partial charge in [0.1, 0.15) is 6.61 Å². The van der Waals surface area contributed by atoms with Crippen LogP contribution in [0.1, 0.15) is 26.3 Å². The van der Waals surface area contributed by atoms with Gasteiger partial charge in [-0.3, -0.25) is 0 Å². The molecule has 0 fully saturated rings. The van der Waals surface area contributed by atoms with Gasteiger partial charge in [0, 0.05) is 0 Å². The van der Waals surface area contributed by atoms with E-state index in [0.29, 0.717) is 19.8 Å². The third kappa shape index (κ3) is 5.94. The van der Waals surface area contributed by atoms with Crippen molar-refractivity contribution in [1.82, 2.24) is 0 Å². The number of ether oxygens (including phenoxy) is 3. The van der Waals surface area contributed by atoms with Gasteiger partial charge in [-0.1, -0.05) is 6.07 Å². The molecule has 4 nitrogen and oxygen atoms in total. The van der Waals surface area contributed by atoms with Crippen molar-refractivity contribution < 1.29 is 14.2 Å². The van der Waals surface area contributed by atoms with Crippen LogP contribution in [-0.2, 0) is 11.2 Å². The van der Waals surface area contributed by atoms with Gasteiger partial charge in [0.2, 0.25) is 0 Å².